The lowest BCUT2D eigenvalue weighted by Crippen LogP contribution is -2.16. The minimum atomic E-state index is -0.500. The van der Waals surface area contributed by atoms with E-state index in [1.807, 2.05) is 0 Å². The lowest BCUT2D eigenvalue weighted by Gasteiger charge is -2.08. The van der Waals surface area contributed by atoms with Crippen molar-refractivity contribution in [3.05, 3.63) is 69.3 Å². The van der Waals surface area contributed by atoms with Crippen LogP contribution in [0.3, 0.4) is 0 Å². The van der Waals surface area contributed by atoms with Gasteiger partial charge in [-0.1, -0.05) is 85.1 Å². The van der Waals surface area contributed by atoms with Gasteiger partial charge in [0.2, 0.25) is 5.91 Å². The lowest BCUT2D eigenvalue weighted by molar-refractivity contribution is -0.384. The molecule has 31 heavy (non-hydrogen) atoms. The van der Waals surface area contributed by atoms with Crippen LogP contribution < -0.4 is 5.32 Å². The van der Waals surface area contributed by atoms with Gasteiger partial charge in [0.05, 0.1) is 10.7 Å². The zero-order valence-electron chi connectivity index (χ0n) is 17.3. The Morgan fingerprint density at radius 3 is 2.45 bits per heavy atom. The van der Waals surface area contributed by atoms with Crippen molar-refractivity contribution < 1.29 is 9.72 Å². The Bertz CT molecular complexity index is 1070. The summed E-state index contributed by atoms with van der Waals surface area (Å²) >= 11 is 4.31. The molecule has 0 spiro atoms. The molecule has 0 saturated carbocycles. The fourth-order valence-corrected chi connectivity index (χ4v) is 5.50. The SMILES string of the molecule is Cc1cccc([N+](=O)[O-])c1NC(=O)CSc1nnc(SCc2ccc(C(C)C)cc2)s1. The number of hydrogen-bond donors (Lipinski definition) is 1. The number of carbonyl (C=O) groups is 1. The van der Waals surface area contributed by atoms with Gasteiger partial charge in [-0.25, -0.2) is 0 Å². The molecule has 0 unspecified atom stereocenters. The van der Waals surface area contributed by atoms with E-state index in [0.717, 1.165) is 10.1 Å². The summed E-state index contributed by atoms with van der Waals surface area (Å²) in [4.78, 5) is 23.0. The average Bonchev–Trinajstić information content (AvgIpc) is 3.20. The van der Waals surface area contributed by atoms with Crippen molar-refractivity contribution in [3.8, 4) is 0 Å². The summed E-state index contributed by atoms with van der Waals surface area (Å²) in [5.41, 5.74) is 3.30. The number of nitro benzene ring substituents is 1. The highest BCUT2D eigenvalue weighted by Crippen LogP contribution is 2.32. The zero-order chi connectivity index (χ0) is 22.4. The molecule has 7 nitrogen and oxygen atoms in total. The topological polar surface area (TPSA) is 98.0 Å². The number of nitrogens with one attached hydrogen (secondary N) is 1. The van der Waals surface area contributed by atoms with Crippen LogP contribution in [0, 0.1) is 17.0 Å². The Balaban J connectivity index is 1.51. The van der Waals surface area contributed by atoms with Crippen molar-refractivity contribution >= 4 is 52.1 Å². The molecular weight excluding hydrogens is 452 g/mol. The van der Waals surface area contributed by atoms with Crippen molar-refractivity contribution in [3.63, 3.8) is 0 Å². The maximum Gasteiger partial charge on any atom is 0.293 e. The molecule has 0 atom stereocenters. The molecule has 162 valence electrons. The van der Waals surface area contributed by atoms with Crippen molar-refractivity contribution in [1.82, 2.24) is 10.2 Å². The Kier molecular flexibility index (Phi) is 8.05. The highest BCUT2D eigenvalue weighted by Gasteiger charge is 2.18. The Hall–Kier alpha value is -2.43. The standard InChI is InChI=1S/C21H22N4O3S3/c1-13(2)16-9-7-15(8-10-16)11-29-20-23-24-21(31-20)30-12-18(26)22-19-14(3)5-4-6-17(19)25(27)28/h4-10,13H,11-12H2,1-3H3,(H,22,26). The van der Waals surface area contributed by atoms with Gasteiger partial charge in [-0.2, -0.15) is 0 Å². The molecule has 1 amide bonds. The first kappa shape index (κ1) is 23.2. The van der Waals surface area contributed by atoms with Gasteiger partial charge < -0.3 is 5.32 Å². The number of hydrogen-bond acceptors (Lipinski definition) is 8. The molecule has 3 aromatic rings. The first-order valence-electron chi connectivity index (χ1n) is 9.55. The first-order chi connectivity index (χ1) is 14.8. The molecule has 0 aliphatic carbocycles. The second-order valence-electron chi connectivity index (χ2n) is 7.08. The van der Waals surface area contributed by atoms with Crippen molar-refractivity contribution in [2.45, 2.75) is 41.1 Å². The van der Waals surface area contributed by atoms with Crippen molar-refractivity contribution in [1.29, 1.82) is 0 Å². The fraction of sp³-hybridized carbons (Fsp3) is 0.286. The summed E-state index contributed by atoms with van der Waals surface area (Å²) in [6.45, 7) is 6.07. The second-order valence-corrected chi connectivity index (χ2v) is 10.5. The monoisotopic (exact) mass is 474 g/mol. The molecule has 2 aromatic carbocycles. The number of rotatable bonds is 9. The summed E-state index contributed by atoms with van der Waals surface area (Å²) in [7, 11) is 0. The molecule has 1 aromatic heterocycles. The number of benzene rings is 2. The van der Waals surface area contributed by atoms with Crippen LogP contribution in [0.2, 0.25) is 0 Å². The normalized spacial score (nSPS) is 11.0. The van der Waals surface area contributed by atoms with Gasteiger partial charge in [0.1, 0.15) is 5.69 Å². The Morgan fingerprint density at radius 1 is 1.13 bits per heavy atom. The van der Waals surface area contributed by atoms with Crippen LogP contribution in [0.4, 0.5) is 11.4 Å². The molecular formula is C21H22N4O3S3. The third-order valence-electron chi connectivity index (χ3n) is 4.44. The molecule has 0 bridgehead atoms. The van der Waals surface area contributed by atoms with Crippen LogP contribution in [0.25, 0.3) is 0 Å². The van der Waals surface area contributed by atoms with Crippen LogP contribution in [-0.2, 0) is 10.5 Å². The van der Waals surface area contributed by atoms with E-state index in [9.17, 15) is 14.9 Å². The number of carbonyl (C=O) groups excluding carboxylic acids is 1. The van der Waals surface area contributed by atoms with Crippen molar-refractivity contribution in [2.24, 2.45) is 0 Å². The summed E-state index contributed by atoms with van der Waals surface area (Å²) in [6, 6.07) is 13.3. The predicted octanol–water partition coefficient (Wildman–Crippen LogP) is 5.90. The van der Waals surface area contributed by atoms with Gasteiger partial charge in [0.15, 0.2) is 8.68 Å². The van der Waals surface area contributed by atoms with Gasteiger partial charge in [-0.15, -0.1) is 10.2 Å². The number of thioether (sulfide) groups is 2. The van der Waals surface area contributed by atoms with Crippen molar-refractivity contribution in [2.75, 3.05) is 11.1 Å². The van der Waals surface area contributed by atoms with Gasteiger partial charge in [0.25, 0.3) is 5.69 Å². The number of aryl methyl sites for hydroxylation is 1. The molecule has 0 aliphatic heterocycles. The molecule has 1 N–H and O–H groups in total. The van der Waals surface area contributed by atoms with Crippen LogP contribution in [0.5, 0.6) is 0 Å². The number of para-hydroxylation sites is 1. The average molecular weight is 475 g/mol. The van der Waals surface area contributed by atoms with E-state index in [1.54, 1.807) is 30.8 Å². The van der Waals surface area contributed by atoms with Crippen LogP contribution in [0.15, 0.2) is 51.1 Å². The molecule has 0 radical (unpaired) electrons. The van der Waals surface area contributed by atoms with Crippen LogP contribution in [0.1, 0.15) is 36.5 Å². The van der Waals surface area contributed by atoms with E-state index in [1.165, 1.54) is 40.3 Å². The maximum atomic E-state index is 12.3. The maximum absolute atomic E-state index is 12.3. The third-order valence-corrected chi connectivity index (χ3v) is 7.70. The van der Waals surface area contributed by atoms with E-state index >= 15 is 0 Å². The minimum absolute atomic E-state index is 0.0987. The highest BCUT2D eigenvalue weighted by molar-refractivity contribution is 8.03. The summed E-state index contributed by atoms with van der Waals surface area (Å²) in [6.07, 6.45) is 0. The highest BCUT2D eigenvalue weighted by atomic mass is 32.2. The Morgan fingerprint density at radius 2 is 1.81 bits per heavy atom. The summed E-state index contributed by atoms with van der Waals surface area (Å²) < 4.78 is 1.53. The predicted molar refractivity (Wildman–Crippen MR) is 127 cm³/mol. The van der Waals surface area contributed by atoms with E-state index in [0.29, 0.717) is 15.8 Å². The van der Waals surface area contributed by atoms with E-state index in [-0.39, 0.29) is 23.0 Å². The molecule has 10 heteroatoms. The fourth-order valence-electron chi connectivity index (χ4n) is 2.73. The summed E-state index contributed by atoms with van der Waals surface area (Å²) in [5, 5.41) is 22.1. The van der Waals surface area contributed by atoms with Crippen LogP contribution in [-0.4, -0.2) is 26.8 Å². The minimum Gasteiger partial charge on any atom is -0.319 e. The summed E-state index contributed by atoms with van der Waals surface area (Å²) in [5.74, 6) is 1.09. The Labute approximate surface area is 193 Å². The van der Waals surface area contributed by atoms with Gasteiger partial charge >= 0.3 is 0 Å². The van der Waals surface area contributed by atoms with Gasteiger partial charge in [0, 0.05) is 11.8 Å². The van der Waals surface area contributed by atoms with E-state index in [2.05, 4.69) is 53.6 Å². The zero-order valence-corrected chi connectivity index (χ0v) is 19.8. The number of aromatic nitrogens is 2. The quantitative estimate of drug-likeness (QED) is 0.234. The second kappa shape index (κ2) is 10.7. The van der Waals surface area contributed by atoms with E-state index in [4.69, 9.17) is 0 Å². The molecule has 0 aliphatic rings. The first-order valence-corrected chi connectivity index (χ1v) is 12.3. The molecule has 1 heterocycles. The molecule has 0 fully saturated rings. The third kappa shape index (κ3) is 6.52. The number of amides is 1. The van der Waals surface area contributed by atoms with Gasteiger partial charge in [-0.05, 0) is 29.5 Å². The number of nitro groups is 1. The van der Waals surface area contributed by atoms with E-state index < -0.39 is 4.92 Å². The number of nitrogens with zero attached hydrogens (tertiary/aromatic N) is 3. The molecule has 3 rings (SSSR count). The van der Waals surface area contributed by atoms with Crippen LogP contribution >= 0.6 is 34.9 Å². The smallest absolute Gasteiger partial charge is 0.293 e. The van der Waals surface area contributed by atoms with Gasteiger partial charge in [-0.3, -0.25) is 14.9 Å². The molecule has 0 saturated heterocycles. The largest absolute Gasteiger partial charge is 0.319 e. The lowest BCUT2D eigenvalue weighted by atomic mass is 10.0. The number of anilines is 1.